The smallest absolute Gasteiger partial charge is 0.124 e. The summed E-state index contributed by atoms with van der Waals surface area (Å²) in [6.07, 6.45) is 2.77. The minimum absolute atomic E-state index is 0.0150. The van der Waals surface area contributed by atoms with Gasteiger partial charge in [-0.2, -0.15) is 0 Å². The van der Waals surface area contributed by atoms with Crippen molar-refractivity contribution in [3.05, 3.63) is 28.2 Å². The van der Waals surface area contributed by atoms with Crippen molar-refractivity contribution in [2.45, 2.75) is 31.9 Å². The number of ether oxygens (including phenoxy) is 1. The molecular weight excluding hydrogens is 242 g/mol. The van der Waals surface area contributed by atoms with Gasteiger partial charge in [-0.05, 0) is 38.0 Å². The highest BCUT2D eigenvalue weighted by Gasteiger charge is 2.24. The van der Waals surface area contributed by atoms with E-state index < -0.39 is 0 Å². The quantitative estimate of drug-likeness (QED) is 0.902. The van der Waals surface area contributed by atoms with Crippen LogP contribution in [-0.4, -0.2) is 6.10 Å². The molecule has 1 aromatic carbocycles. The summed E-state index contributed by atoms with van der Waals surface area (Å²) in [7, 11) is 0. The average molecular weight is 256 g/mol. The molecule has 0 spiro atoms. The summed E-state index contributed by atoms with van der Waals surface area (Å²) in [5.41, 5.74) is 6.95. The molecule has 0 amide bonds. The van der Waals surface area contributed by atoms with Crippen molar-refractivity contribution in [3.63, 3.8) is 0 Å². The Balaban J connectivity index is 2.26. The van der Waals surface area contributed by atoms with Gasteiger partial charge < -0.3 is 10.5 Å². The van der Waals surface area contributed by atoms with Gasteiger partial charge in [0, 0.05) is 16.1 Å². The normalized spacial score (nSPS) is 17.9. The summed E-state index contributed by atoms with van der Waals surface area (Å²) in [4.78, 5) is 0. The zero-order valence-corrected chi connectivity index (χ0v) is 9.75. The predicted molar refractivity (Wildman–Crippen MR) is 60.4 cm³/mol. The number of hydrogen-bond acceptors (Lipinski definition) is 2. The molecule has 1 atom stereocenters. The number of hydrogen-bond donors (Lipinski definition) is 1. The molecule has 0 radical (unpaired) electrons. The van der Waals surface area contributed by atoms with Gasteiger partial charge in [-0.25, -0.2) is 0 Å². The van der Waals surface area contributed by atoms with Gasteiger partial charge in [0.2, 0.25) is 0 Å². The number of halogens is 1. The van der Waals surface area contributed by atoms with Gasteiger partial charge in [0.05, 0.1) is 6.10 Å². The number of rotatable bonds is 3. The molecular formula is C11H14BrNO. The maximum atomic E-state index is 5.88. The Bertz CT molecular complexity index is 334. The van der Waals surface area contributed by atoms with Gasteiger partial charge in [0.25, 0.3) is 0 Å². The van der Waals surface area contributed by atoms with Gasteiger partial charge in [-0.1, -0.05) is 15.9 Å². The molecule has 0 saturated heterocycles. The largest absolute Gasteiger partial charge is 0.490 e. The van der Waals surface area contributed by atoms with Gasteiger partial charge in [0.15, 0.2) is 0 Å². The Hall–Kier alpha value is -0.540. The first-order valence-electron chi connectivity index (χ1n) is 4.88. The molecule has 0 unspecified atom stereocenters. The number of nitrogens with two attached hydrogens (primary N) is 1. The molecule has 0 aromatic heterocycles. The summed E-state index contributed by atoms with van der Waals surface area (Å²) in [6.45, 7) is 1.97. The van der Waals surface area contributed by atoms with Crippen molar-refractivity contribution in [2.24, 2.45) is 5.73 Å². The third kappa shape index (κ3) is 2.28. The van der Waals surface area contributed by atoms with Gasteiger partial charge in [-0.3, -0.25) is 0 Å². The lowest BCUT2D eigenvalue weighted by Gasteiger charge is -2.13. The van der Waals surface area contributed by atoms with Crippen LogP contribution >= 0.6 is 15.9 Å². The maximum Gasteiger partial charge on any atom is 0.124 e. The summed E-state index contributed by atoms with van der Waals surface area (Å²) in [5.74, 6) is 0.936. The van der Waals surface area contributed by atoms with E-state index in [9.17, 15) is 0 Å². The molecule has 2 rings (SSSR count). The molecule has 1 aliphatic carbocycles. The summed E-state index contributed by atoms with van der Waals surface area (Å²) in [5, 5.41) is 0. The molecule has 0 bridgehead atoms. The lowest BCUT2D eigenvalue weighted by Crippen LogP contribution is -2.08. The monoisotopic (exact) mass is 255 g/mol. The topological polar surface area (TPSA) is 35.2 Å². The first-order chi connectivity index (χ1) is 6.66. The first kappa shape index (κ1) is 9.99. The van der Waals surface area contributed by atoms with Crippen molar-refractivity contribution in [1.29, 1.82) is 0 Å². The SMILES string of the molecule is C[C@@H](N)c1cc(Br)ccc1OC1CC1. The van der Waals surface area contributed by atoms with Crippen LogP contribution in [0.2, 0.25) is 0 Å². The highest BCUT2D eigenvalue weighted by molar-refractivity contribution is 9.10. The van der Waals surface area contributed by atoms with Crippen LogP contribution in [0.25, 0.3) is 0 Å². The van der Waals surface area contributed by atoms with Crippen molar-refractivity contribution in [2.75, 3.05) is 0 Å². The lowest BCUT2D eigenvalue weighted by atomic mass is 10.1. The summed E-state index contributed by atoms with van der Waals surface area (Å²) in [6, 6.07) is 6.02. The van der Waals surface area contributed by atoms with Crippen LogP contribution in [0.4, 0.5) is 0 Å². The molecule has 1 saturated carbocycles. The molecule has 14 heavy (non-hydrogen) atoms. The molecule has 1 aliphatic rings. The average Bonchev–Trinajstić information content (AvgIpc) is 2.91. The van der Waals surface area contributed by atoms with Crippen molar-refractivity contribution in [1.82, 2.24) is 0 Å². The molecule has 0 aliphatic heterocycles. The van der Waals surface area contributed by atoms with Gasteiger partial charge in [0.1, 0.15) is 5.75 Å². The van der Waals surface area contributed by atoms with Crippen LogP contribution in [0, 0.1) is 0 Å². The van der Waals surface area contributed by atoms with Gasteiger partial charge in [-0.15, -0.1) is 0 Å². The third-order valence-electron chi connectivity index (χ3n) is 2.28. The Morgan fingerprint density at radius 3 is 2.79 bits per heavy atom. The Kier molecular flexibility index (Phi) is 2.79. The van der Waals surface area contributed by atoms with E-state index in [4.69, 9.17) is 10.5 Å². The van der Waals surface area contributed by atoms with E-state index >= 15 is 0 Å². The van der Waals surface area contributed by atoms with Crippen LogP contribution < -0.4 is 10.5 Å². The van der Waals surface area contributed by atoms with E-state index in [0.29, 0.717) is 6.10 Å². The fourth-order valence-corrected chi connectivity index (χ4v) is 1.73. The second-order valence-electron chi connectivity index (χ2n) is 3.79. The zero-order chi connectivity index (χ0) is 10.1. The van der Waals surface area contributed by atoms with E-state index in [1.807, 2.05) is 25.1 Å². The summed E-state index contributed by atoms with van der Waals surface area (Å²) < 4.78 is 6.82. The number of benzene rings is 1. The van der Waals surface area contributed by atoms with Crippen LogP contribution in [0.5, 0.6) is 5.75 Å². The summed E-state index contributed by atoms with van der Waals surface area (Å²) >= 11 is 3.44. The molecule has 3 heteroatoms. The van der Waals surface area contributed by atoms with Crippen LogP contribution in [-0.2, 0) is 0 Å². The van der Waals surface area contributed by atoms with Crippen molar-refractivity contribution in [3.8, 4) is 5.75 Å². The molecule has 2 nitrogen and oxygen atoms in total. The minimum atomic E-state index is 0.0150. The Morgan fingerprint density at radius 1 is 1.50 bits per heavy atom. The fourth-order valence-electron chi connectivity index (χ4n) is 1.35. The third-order valence-corrected chi connectivity index (χ3v) is 2.77. The van der Waals surface area contributed by atoms with E-state index in [-0.39, 0.29) is 6.04 Å². The minimum Gasteiger partial charge on any atom is -0.490 e. The van der Waals surface area contributed by atoms with Crippen LogP contribution in [0.3, 0.4) is 0 Å². The first-order valence-corrected chi connectivity index (χ1v) is 5.68. The van der Waals surface area contributed by atoms with Gasteiger partial charge >= 0.3 is 0 Å². The highest BCUT2D eigenvalue weighted by Crippen LogP contribution is 2.32. The predicted octanol–water partition coefficient (Wildman–Crippen LogP) is 3.01. The standard InChI is InChI=1S/C11H14BrNO/c1-7(13)10-6-8(12)2-5-11(10)14-9-3-4-9/h2,5-7,9H,3-4,13H2,1H3/t7-/m1/s1. The molecule has 1 aromatic rings. The van der Waals surface area contributed by atoms with Crippen molar-refractivity contribution >= 4 is 15.9 Å². The lowest BCUT2D eigenvalue weighted by molar-refractivity contribution is 0.298. The van der Waals surface area contributed by atoms with Crippen LogP contribution in [0.1, 0.15) is 31.4 Å². The molecule has 1 fully saturated rings. The second kappa shape index (κ2) is 3.91. The van der Waals surface area contributed by atoms with E-state index in [1.165, 1.54) is 12.8 Å². The molecule has 2 N–H and O–H groups in total. The maximum absolute atomic E-state index is 5.88. The Labute approximate surface area is 92.6 Å². The van der Waals surface area contributed by atoms with E-state index in [1.54, 1.807) is 0 Å². The van der Waals surface area contributed by atoms with Crippen LogP contribution in [0.15, 0.2) is 22.7 Å². The van der Waals surface area contributed by atoms with E-state index in [2.05, 4.69) is 15.9 Å². The zero-order valence-electron chi connectivity index (χ0n) is 8.16. The Morgan fingerprint density at radius 2 is 2.21 bits per heavy atom. The van der Waals surface area contributed by atoms with Crippen molar-refractivity contribution < 1.29 is 4.74 Å². The highest BCUT2D eigenvalue weighted by atomic mass is 79.9. The second-order valence-corrected chi connectivity index (χ2v) is 4.70. The molecule has 76 valence electrons. The van der Waals surface area contributed by atoms with E-state index in [0.717, 1.165) is 15.8 Å². The fraction of sp³-hybridized carbons (Fsp3) is 0.455. The molecule has 0 heterocycles.